The van der Waals surface area contributed by atoms with Gasteiger partial charge in [0.15, 0.2) is 0 Å². The minimum absolute atomic E-state index is 0.153. The quantitative estimate of drug-likeness (QED) is 0.906. The molecule has 0 aliphatic carbocycles. The maximum atomic E-state index is 11.2. The van der Waals surface area contributed by atoms with E-state index in [2.05, 4.69) is 40.1 Å². The number of hydrogen-bond acceptors (Lipinski definition) is 3. The van der Waals surface area contributed by atoms with Crippen molar-refractivity contribution in [3.8, 4) is 0 Å². The summed E-state index contributed by atoms with van der Waals surface area (Å²) in [5, 5.41) is 9.24. The van der Waals surface area contributed by atoms with E-state index in [1.807, 2.05) is 0 Å². The lowest BCUT2D eigenvalue weighted by atomic mass is 9.94. The lowest BCUT2D eigenvalue weighted by molar-refractivity contribution is -0.144. The molecule has 1 aromatic carbocycles. The Morgan fingerprint density at radius 2 is 1.83 bits per heavy atom. The van der Waals surface area contributed by atoms with Crippen molar-refractivity contribution < 1.29 is 9.90 Å². The number of carboxylic acids is 1. The number of piperidine rings is 2. The maximum absolute atomic E-state index is 11.2. The van der Waals surface area contributed by atoms with E-state index < -0.39 is 5.97 Å². The molecular weight excluding hydrogens is 288 g/mol. The molecule has 1 atom stereocenters. The van der Waals surface area contributed by atoms with Crippen LogP contribution in [0.2, 0.25) is 0 Å². The molecule has 0 bridgehead atoms. The Morgan fingerprint density at radius 3 is 2.52 bits per heavy atom. The minimum atomic E-state index is -0.616. The first-order valence-corrected chi connectivity index (χ1v) is 8.95. The molecule has 0 amide bonds. The molecule has 1 aromatic rings. The zero-order valence-corrected chi connectivity index (χ0v) is 13.9. The van der Waals surface area contributed by atoms with Gasteiger partial charge < -0.3 is 10.0 Å². The molecule has 0 saturated carbocycles. The van der Waals surface area contributed by atoms with Crippen LogP contribution in [0.5, 0.6) is 0 Å². The van der Waals surface area contributed by atoms with Gasteiger partial charge >= 0.3 is 5.97 Å². The van der Waals surface area contributed by atoms with Crippen LogP contribution in [0.3, 0.4) is 0 Å². The van der Waals surface area contributed by atoms with Crippen LogP contribution in [-0.2, 0) is 11.2 Å². The molecule has 2 fully saturated rings. The zero-order chi connectivity index (χ0) is 16.1. The van der Waals surface area contributed by atoms with Gasteiger partial charge in [0.1, 0.15) is 0 Å². The van der Waals surface area contributed by atoms with Crippen molar-refractivity contribution in [1.82, 2.24) is 9.80 Å². The van der Waals surface area contributed by atoms with Crippen LogP contribution in [0.1, 0.15) is 31.2 Å². The predicted octanol–water partition coefficient (Wildman–Crippen LogP) is 2.49. The highest BCUT2D eigenvalue weighted by Gasteiger charge is 2.31. The highest BCUT2D eigenvalue weighted by molar-refractivity contribution is 5.70. The Morgan fingerprint density at radius 1 is 1.09 bits per heavy atom. The van der Waals surface area contributed by atoms with Gasteiger partial charge in [0.25, 0.3) is 0 Å². The molecule has 0 spiro atoms. The summed E-state index contributed by atoms with van der Waals surface area (Å²) in [4.78, 5) is 16.2. The van der Waals surface area contributed by atoms with Crippen molar-refractivity contribution in [3.63, 3.8) is 0 Å². The van der Waals surface area contributed by atoms with Crippen LogP contribution in [-0.4, -0.2) is 59.6 Å². The summed E-state index contributed by atoms with van der Waals surface area (Å²) in [6.07, 6.45) is 5.37. The fourth-order valence-corrected chi connectivity index (χ4v) is 3.98. The van der Waals surface area contributed by atoms with E-state index in [0.717, 1.165) is 52.0 Å². The first kappa shape index (κ1) is 16.5. The van der Waals surface area contributed by atoms with E-state index in [4.69, 9.17) is 0 Å². The van der Waals surface area contributed by atoms with Gasteiger partial charge in [-0.15, -0.1) is 0 Å². The molecule has 3 rings (SSSR count). The third-order valence-electron chi connectivity index (χ3n) is 5.44. The van der Waals surface area contributed by atoms with Gasteiger partial charge in [-0.3, -0.25) is 9.69 Å². The number of carboxylic acid groups (broad SMARTS) is 1. The Bertz CT molecular complexity index is 497. The first-order chi connectivity index (χ1) is 11.2. The summed E-state index contributed by atoms with van der Waals surface area (Å²) in [6.45, 7) is 5.26. The molecule has 2 saturated heterocycles. The molecule has 0 aromatic heterocycles. The van der Waals surface area contributed by atoms with E-state index >= 15 is 0 Å². The standard InChI is InChI=1S/C19H28N2O2/c22-19(23)17-7-4-11-21(15-17)18-9-13-20(14-10-18)12-8-16-5-2-1-3-6-16/h1-3,5-6,17-18H,4,7-15H2,(H,22,23). The van der Waals surface area contributed by atoms with E-state index in [0.29, 0.717) is 6.04 Å². The SMILES string of the molecule is O=C(O)C1CCCN(C2CCN(CCc3ccccc3)CC2)C1. The van der Waals surface area contributed by atoms with E-state index in [1.54, 1.807) is 0 Å². The Hall–Kier alpha value is -1.39. The van der Waals surface area contributed by atoms with E-state index in [9.17, 15) is 9.90 Å². The average molecular weight is 316 g/mol. The van der Waals surface area contributed by atoms with Crippen LogP contribution >= 0.6 is 0 Å². The minimum Gasteiger partial charge on any atom is -0.481 e. The van der Waals surface area contributed by atoms with Gasteiger partial charge in [0, 0.05) is 19.1 Å². The van der Waals surface area contributed by atoms with Crippen LogP contribution in [0, 0.1) is 5.92 Å². The van der Waals surface area contributed by atoms with Gasteiger partial charge in [0.2, 0.25) is 0 Å². The van der Waals surface area contributed by atoms with Gasteiger partial charge in [0.05, 0.1) is 5.92 Å². The van der Waals surface area contributed by atoms with Gasteiger partial charge in [-0.05, 0) is 57.3 Å². The Kier molecular flexibility index (Phi) is 5.68. The topological polar surface area (TPSA) is 43.8 Å². The molecular formula is C19H28N2O2. The smallest absolute Gasteiger partial charge is 0.307 e. The number of hydrogen-bond donors (Lipinski definition) is 1. The molecule has 2 aliphatic heterocycles. The van der Waals surface area contributed by atoms with Gasteiger partial charge in [-0.1, -0.05) is 30.3 Å². The third kappa shape index (κ3) is 4.55. The lowest BCUT2D eigenvalue weighted by Crippen LogP contribution is -2.49. The number of carbonyl (C=O) groups is 1. The Labute approximate surface area is 139 Å². The second-order valence-electron chi connectivity index (χ2n) is 6.98. The van der Waals surface area contributed by atoms with Gasteiger partial charge in [-0.25, -0.2) is 0 Å². The van der Waals surface area contributed by atoms with Crippen molar-refractivity contribution >= 4 is 5.97 Å². The Balaban J connectivity index is 1.42. The van der Waals surface area contributed by atoms with E-state index in [-0.39, 0.29) is 5.92 Å². The number of rotatable bonds is 5. The summed E-state index contributed by atoms with van der Waals surface area (Å²) in [6, 6.07) is 11.3. The average Bonchev–Trinajstić information content (AvgIpc) is 2.61. The van der Waals surface area contributed by atoms with Crippen molar-refractivity contribution in [3.05, 3.63) is 35.9 Å². The van der Waals surface area contributed by atoms with Crippen molar-refractivity contribution in [2.75, 3.05) is 32.7 Å². The molecule has 2 heterocycles. The molecule has 4 nitrogen and oxygen atoms in total. The highest BCUT2D eigenvalue weighted by atomic mass is 16.4. The van der Waals surface area contributed by atoms with Crippen molar-refractivity contribution in [2.24, 2.45) is 5.92 Å². The first-order valence-electron chi connectivity index (χ1n) is 8.95. The van der Waals surface area contributed by atoms with Crippen LogP contribution < -0.4 is 0 Å². The second kappa shape index (κ2) is 7.93. The predicted molar refractivity (Wildman–Crippen MR) is 91.5 cm³/mol. The van der Waals surface area contributed by atoms with Crippen molar-refractivity contribution in [1.29, 1.82) is 0 Å². The van der Waals surface area contributed by atoms with Crippen molar-refractivity contribution in [2.45, 2.75) is 38.1 Å². The zero-order valence-electron chi connectivity index (χ0n) is 13.9. The lowest BCUT2D eigenvalue weighted by Gasteiger charge is -2.41. The molecule has 0 radical (unpaired) electrons. The highest BCUT2D eigenvalue weighted by Crippen LogP contribution is 2.24. The monoisotopic (exact) mass is 316 g/mol. The number of likely N-dealkylation sites (tertiary alicyclic amines) is 2. The normalized spacial score (nSPS) is 24.6. The second-order valence-corrected chi connectivity index (χ2v) is 6.98. The fourth-order valence-electron chi connectivity index (χ4n) is 3.98. The third-order valence-corrected chi connectivity index (χ3v) is 5.44. The number of nitrogens with zero attached hydrogens (tertiary/aromatic N) is 2. The maximum Gasteiger partial charge on any atom is 0.307 e. The summed E-state index contributed by atoms with van der Waals surface area (Å²) >= 11 is 0. The summed E-state index contributed by atoms with van der Waals surface area (Å²) in [5.74, 6) is -0.769. The summed E-state index contributed by atoms with van der Waals surface area (Å²) in [7, 11) is 0. The van der Waals surface area contributed by atoms with Crippen LogP contribution in [0.25, 0.3) is 0 Å². The molecule has 2 aliphatic rings. The molecule has 126 valence electrons. The molecule has 23 heavy (non-hydrogen) atoms. The molecule has 4 heteroatoms. The molecule has 1 unspecified atom stereocenters. The van der Waals surface area contributed by atoms with Crippen LogP contribution in [0.4, 0.5) is 0 Å². The largest absolute Gasteiger partial charge is 0.481 e. The van der Waals surface area contributed by atoms with Crippen LogP contribution in [0.15, 0.2) is 30.3 Å². The number of aliphatic carboxylic acids is 1. The fraction of sp³-hybridized carbons (Fsp3) is 0.632. The summed E-state index contributed by atoms with van der Waals surface area (Å²) < 4.78 is 0. The van der Waals surface area contributed by atoms with Gasteiger partial charge in [-0.2, -0.15) is 0 Å². The number of benzene rings is 1. The summed E-state index contributed by atoms with van der Waals surface area (Å²) in [5.41, 5.74) is 1.41. The van der Waals surface area contributed by atoms with E-state index in [1.165, 1.54) is 18.4 Å². The molecule has 1 N–H and O–H groups in total.